The fraction of sp³-hybridized carbons (Fsp3) is 0.421. The smallest absolute Gasteiger partial charge is 0.405 e. The van der Waals surface area contributed by atoms with E-state index in [1.54, 1.807) is 0 Å². The van der Waals surface area contributed by atoms with Gasteiger partial charge in [0.2, 0.25) is 0 Å². The number of carbonyl (C=O) groups excluding carboxylic acids is 1. The van der Waals surface area contributed by atoms with Crippen LogP contribution < -0.4 is 27.0 Å². The van der Waals surface area contributed by atoms with Crippen LogP contribution in [0.15, 0.2) is 33.9 Å². The molecule has 1 aromatic heterocycles. The molecule has 3 rings (SSSR count). The van der Waals surface area contributed by atoms with Crippen LogP contribution in [0.25, 0.3) is 0 Å². The minimum absolute atomic E-state index is 0.00563. The number of aromatic nitrogens is 2. The normalized spacial score (nSPS) is 14.8. The van der Waals surface area contributed by atoms with Gasteiger partial charge in [0.05, 0.1) is 13.2 Å². The number of H-pyrrole nitrogens is 1. The Morgan fingerprint density at radius 2 is 1.91 bits per heavy atom. The lowest BCUT2D eigenvalue weighted by Gasteiger charge is -2.26. The van der Waals surface area contributed by atoms with Crippen molar-refractivity contribution in [3.8, 4) is 5.75 Å². The van der Waals surface area contributed by atoms with Crippen molar-refractivity contribution in [3.63, 3.8) is 0 Å². The lowest BCUT2D eigenvalue weighted by molar-refractivity contribution is -0.274. The van der Waals surface area contributed by atoms with E-state index in [0.29, 0.717) is 32.8 Å². The number of ether oxygens (including phenoxy) is 2. The third-order valence-corrected chi connectivity index (χ3v) is 4.77. The van der Waals surface area contributed by atoms with E-state index in [-0.39, 0.29) is 30.0 Å². The van der Waals surface area contributed by atoms with Crippen LogP contribution in [0.5, 0.6) is 5.75 Å². The molecule has 0 spiro atoms. The van der Waals surface area contributed by atoms with Gasteiger partial charge in [0, 0.05) is 56.1 Å². The van der Waals surface area contributed by atoms with Gasteiger partial charge in [0.1, 0.15) is 11.4 Å². The van der Waals surface area contributed by atoms with Crippen molar-refractivity contribution in [1.82, 2.24) is 19.8 Å². The van der Waals surface area contributed by atoms with Gasteiger partial charge in [-0.2, -0.15) is 0 Å². The van der Waals surface area contributed by atoms with Crippen LogP contribution in [-0.2, 0) is 17.8 Å². The molecule has 0 bridgehead atoms. The van der Waals surface area contributed by atoms with Crippen molar-refractivity contribution < 1.29 is 27.4 Å². The molecule has 0 aliphatic carbocycles. The molecule has 4 N–H and O–H groups in total. The molecule has 0 atom stereocenters. The van der Waals surface area contributed by atoms with E-state index >= 15 is 0 Å². The molecular formula is C19H22F3N5O5. The summed E-state index contributed by atoms with van der Waals surface area (Å²) in [5.74, 6) is -1.40. The number of anilines is 1. The van der Waals surface area contributed by atoms with Gasteiger partial charge in [-0.3, -0.25) is 19.1 Å². The molecule has 174 valence electrons. The number of nitrogen functional groups attached to an aromatic ring is 1. The zero-order valence-electron chi connectivity index (χ0n) is 16.9. The lowest BCUT2D eigenvalue weighted by atomic mass is 10.1. The highest BCUT2D eigenvalue weighted by Gasteiger charge is 2.32. The third kappa shape index (κ3) is 6.34. The standard InChI is InChI=1S/C19H22F3N5O5/c20-19(21,22)32-15-9-13(23)2-1-12(15)11-24-17(29)14-10-16(28)27(18(30)25-14)4-3-26-5-7-31-8-6-26/h1-2,9-10H,3-8,11,23H2,(H,24,29)(H,25,30). The molecule has 1 amide bonds. The number of alkyl halides is 3. The lowest BCUT2D eigenvalue weighted by Crippen LogP contribution is -2.43. The van der Waals surface area contributed by atoms with Gasteiger partial charge in [0.15, 0.2) is 0 Å². The molecule has 0 radical (unpaired) electrons. The quantitative estimate of drug-likeness (QED) is 0.509. The number of nitrogens with two attached hydrogens (primary N) is 1. The largest absolute Gasteiger partial charge is 0.573 e. The second-order valence-electron chi connectivity index (χ2n) is 7.03. The maximum Gasteiger partial charge on any atom is 0.573 e. The van der Waals surface area contributed by atoms with E-state index in [2.05, 4.69) is 15.0 Å². The molecule has 1 saturated heterocycles. The fourth-order valence-electron chi connectivity index (χ4n) is 3.13. The first-order valence-electron chi connectivity index (χ1n) is 9.69. The van der Waals surface area contributed by atoms with Crippen LogP contribution in [0.1, 0.15) is 16.1 Å². The Morgan fingerprint density at radius 1 is 1.19 bits per heavy atom. The molecule has 10 nitrogen and oxygen atoms in total. The average Bonchev–Trinajstić information content (AvgIpc) is 2.72. The second kappa shape index (κ2) is 9.87. The molecule has 0 saturated carbocycles. The first-order chi connectivity index (χ1) is 15.1. The maximum absolute atomic E-state index is 12.6. The predicted molar refractivity (Wildman–Crippen MR) is 107 cm³/mol. The zero-order chi connectivity index (χ0) is 23.3. The van der Waals surface area contributed by atoms with E-state index in [0.717, 1.165) is 16.7 Å². The topological polar surface area (TPSA) is 132 Å². The van der Waals surface area contributed by atoms with Crippen molar-refractivity contribution in [2.75, 3.05) is 38.6 Å². The van der Waals surface area contributed by atoms with Gasteiger partial charge < -0.3 is 25.5 Å². The Kier molecular flexibility index (Phi) is 7.20. The average molecular weight is 457 g/mol. The fourth-order valence-corrected chi connectivity index (χ4v) is 3.13. The van der Waals surface area contributed by atoms with E-state index in [1.807, 2.05) is 4.90 Å². The summed E-state index contributed by atoms with van der Waals surface area (Å²) in [6, 6.07) is 4.56. The predicted octanol–water partition coefficient (Wildman–Crippen LogP) is 0.280. The van der Waals surface area contributed by atoms with Crippen molar-refractivity contribution in [1.29, 1.82) is 0 Å². The Bertz CT molecular complexity index is 1040. The summed E-state index contributed by atoms with van der Waals surface area (Å²) in [6.07, 6.45) is -4.94. The Hall–Kier alpha value is -3.32. The van der Waals surface area contributed by atoms with Gasteiger partial charge in [-0.05, 0) is 6.07 Å². The summed E-state index contributed by atoms with van der Waals surface area (Å²) >= 11 is 0. The number of nitrogens with one attached hydrogen (secondary N) is 2. The number of hydrogen-bond donors (Lipinski definition) is 3. The monoisotopic (exact) mass is 457 g/mol. The molecule has 32 heavy (non-hydrogen) atoms. The first kappa shape index (κ1) is 23.3. The number of rotatable bonds is 7. The molecule has 1 fully saturated rings. The van der Waals surface area contributed by atoms with Gasteiger partial charge in [0.25, 0.3) is 11.5 Å². The third-order valence-electron chi connectivity index (χ3n) is 4.77. The Balaban J connectivity index is 1.67. The number of nitrogens with zero attached hydrogens (tertiary/aromatic N) is 2. The van der Waals surface area contributed by atoms with E-state index < -0.39 is 29.3 Å². The van der Waals surface area contributed by atoms with Gasteiger partial charge in [-0.15, -0.1) is 13.2 Å². The molecule has 0 unspecified atom stereocenters. The number of carbonyl (C=O) groups is 1. The van der Waals surface area contributed by atoms with Gasteiger partial charge in [-0.1, -0.05) is 6.07 Å². The van der Waals surface area contributed by atoms with Crippen LogP contribution >= 0.6 is 0 Å². The molecule has 13 heteroatoms. The Morgan fingerprint density at radius 3 is 2.56 bits per heavy atom. The summed E-state index contributed by atoms with van der Waals surface area (Å²) in [4.78, 5) is 41.3. The minimum Gasteiger partial charge on any atom is -0.405 e. The van der Waals surface area contributed by atoms with Gasteiger partial charge in [-0.25, -0.2) is 4.79 Å². The maximum atomic E-state index is 12.6. The van der Waals surface area contributed by atoms with E-state index in [9.17, 15) is 27.6 Å². The summed E-state index contributed by atoms with van der Waals surface area (Å²) < 4.78 is 47.9. The Labute approximate surface area is 179 Å². The highest BCUT2D eigenvalue weighted by atomic mass is 19.4. The van der Waals surface area contributed by atoms with Crippen LogP contribution in [0.4, 0.5) is 18.9 Å². The number of morpholine rings is 1. The number of halogens is 3. The SMILES string of the molecule is Nc1ccc(CNC(=O)c2cc(=O)n(CCN3CCOCC3)c(=O)[nH]2)c(OC(F)(F)F)c1. The number of amides is 1. The second-order valence-corrected chi connectivity index (χ2v) is 7.03. The molecule has 2 aromatic rings. The molecule has 1 aromatic carbocycles. The van der Waals surface area contributed by atoms with Crippen LogP contribution in [0.3, 0.4) is 0 Å². The summed E-state index contributed by atoms with van der Waals surface area (Å²) in [7, 11) is 0. The molecular weight excluding hydrogens is 435 g/mol. The van der Waals surface area contributed by atoms with Crippen molar-refractivity contribution in [3.05, 3.63) is 56.4 Å². The highest BCUT2D eigenvalue weighted by Crippen LogP contribution is 2.28. The van der Waals surface area contributed by atoms with Gasteiger partial charge >= 0.3 is 12.1 Å². The highest BCUT2D eigenvalue weighted by molar-refractivity contribution is 5.92. The molecule has 2 heterocycles. The van der Waals surface area contributed by atoms with Crippen LogP contribution in [0, 0.1) is 0 Å². The zero-order valence-corrected chi connectivity index (χ0v) is 16.9. The molecule has 1 aliphatic rings. The first-order valence-corrected chi connectivity index (χ1v) is 9.69. The number of hydrogen-bond acceptors (Lipinski definition) is 7. The molecule has 1 aliphatic heterocycles. The summed E-state index contributed by atoms with van der Waals surface area (Å²) in [5, 5.41) is 2.35. The number of aromatic amines is 1. The number of benzene rings is 1. The van der Waals surface area contributed by atoms with Crippen LogP contribution in [0.2, 0.25) is 0 Å². The van der Waals surface area contributed by atoms with Crippen molar-refractivity contribution in [2.45, 2.75) is 19.5 Å². The van der Waals surface area contributed by atoms with E-state index in [4.69, 9.17) is 10.5 Å². The summed E-state index contributed by atoms with van der Waals surface area (Å²) in [6.45, 7) is 2.79. The van der Waals surface area contributed by atoms with E-state index in [1.165, 1.54) is 12.1 Å². The summed E-state index contributed by atoms with van der Waals surface area (Å²) in [5.41, 5.74) is 3.81. The van der Waals surface area contributed by atoms with Crippen molar-refractivity contribution in [2.24, 2.45) is 0 Å². The van der Waals surface area contributed by atoms with Crippen LogP contribution in [-0.4, -0.2) is 59.6 Å². The minimum atomic E-state index is -4.94. The van der Waals surface area contributed by atoms with Crippen molar-refractivity contribution >= 4 is 11.6 Å².